The zero-order chi connectivity index (χ0) is 13.8. The first kappa shape index (κ1) is 13.2. The molecule has 0 fully saturated rings. The molecule has 0 atom stereocenters. The molecule has 2 aromatic carbocycles. The van der Waals surface area contributed by atoms with Crippen LogP contribution >= 0.6 is 0 Å². The lowest BCUT2D eigenvalue weighted by molar-refractivity contribution is 0.202. The number of phenols is 1. The summed E-state index contributed by atoms with van der Waals surface area (Å²) in [6.45, 7) is 0.612. The summed E-state index contributed by atoms with van der Waals surface area (Å²) in [5, 5.41) is 9.98. The lowest BCUT2D eigenvalue weighted by Gasteiger charge is -2.12. The van der Waals surface area contributed by atoms with Crippen LogP contribution in [0.15, 0.2) is 36.4 Å². The van der Waals surface area contributed by atoms with E-state index in [9.17, 15) is 5.11 Å². The number of nitrogens with two attached hydrogens (primary N) is 2. The van der Waals surface area contributed by atoms with Crippen LogP contribution < -0.4 is 11.5 Å². The Labute approximate surface area is 112 Å². The van der Waals surface area contributed by atoms with Crippen molar-refractivity contribution in [1.29, 1.82) is 0 Å². The summed E-state index contributed by atoms with van der Waals surface area (Å²) in [4.78, 5) is 0. The Kier molecular flexibility index (Phi) is 3.92. The third kappa shape index (κ3) is 2.80. The molecule has 5 N–H and O–H groups in total. The van der Waals surface area contributed by atoms with Crippen molar-refractivity contribution in [2.24, 2.45) is 0 Å². The lowest BCUT2D eigenvalue weighted by Crippen LogP contribution is -2.01. The quantitative estimate of drug-likeness (QED) is 0.735. The van der Waals surface area contributed by atoms with Gasteiger partial charge in [0.15, 0.2) is 0 Å². The average Bonchev–Trinajstić information content (AvgIpc) is 2.38. The van der Waals surface area contributed by atoms with E-state index in [2.05, 4.69) is 0 Å². The molecular formula is C15H18N2O2. The van der Waals surface area contributed by atoms with Crippen LogP contribution in [0.3, 0.4) is 0 Å². The number of hydrogen-bond acceptors (Lipinski definition) is 4. The third-order valence-electron chi connectivity index (χ3n) is 3.08. The summed E-state index contributed by atoms with van der Waals surface area (Å²) < 4.78 is 5.06. The fourth-order valence-electron chi connectivity index (χ4n) is 2.05. The van der Waals surface area contributed by atoms with E-state index in [-0.39, 0.29) is 5.75 Å². The Morgan fingerprint density at radius 2 is 1.89 bits per heavy atom. The second-order valence-electron chi connectivity index (χ2n) is 4.40. The lowest BCUT2D eigenvalue weighted by atomic mass is 9.98. The van der Waals surface area contributed by atoms with Crippen LogP contribution in [0.4, 0.5) is 11.4 Å². The van der Waals surface area contributed by atoms with Crippen molar-refractivity contribution in [2.75, 3.05) is 25.2 Å². The van der Waals surface area contributed by atoms with Gasteiger partial charge in [0.25, 0.3) is 0 Å². The van der Waals surface area contributed by atoms with Gasteiger partial charge in [-0.2, -0.15) is 0 Å². The third-order valence-corrected chi connectivity index (χ3v) is 3.08. The van der Waals surface area contributed by atoms with E-state index in [1.54, 1.807) is 19.2 Å². The average molecular weight is 258 g/mol. The van der Waals surface area contributed by atoms with Gasteiger partial charge in [-0.05, 0) is 24.1 Å². The molecule has 0 spiro atoms. The molecular weight excluding hydrogens is 240 g/mol. The minimum Gasteiger partial charge on any atom is -0.507 e. The molecule has 0 aliphatic heterocycles. The number of para-hydroxylation sites is 1. The number of aromatic hydroxyl groups is 1. The number of hydrogen-bond donors (Lipinski definition) is 3. The number of anilines is 2. The SMILES string of the molecule is COCCc1cccc(-c2ccc(N)cc2O)c1N. The normalized spacial score (nSPS) is 10.6. The Morgan fingerprint density at radius 1 is 1.11 bits per heavy atom. The van der Waals surface area contributed by atoms with Crippen LogP contribution in [0.25, 0.3) is 11.1 Å². The van der Waals surface area contributed by atoms with Crippen LogP contribution in [0.2, 0.25) is 0 Å². The zero-order valence-corrected chi connectivity index (χ0v) is 10.9. The summed E-state index contributed by atoms with van der Waals surface area (Å²) >= 11 is 0. The van der Waals surface area contributed by atoms with Crippen molar-refractivity contribution in [1.82, 2.24) is 0 Å². The van der Waals surface area contributed by atoms with Gasteiger partial charge in [-0.1, -0.05) is 18.2 Å². The van der Waals surface area contributed by atoms with Crippen molar-refractivity contribution in [3.63, 3.8) is 0 Å². The highest BCUT2D eigenvalue weighted by Gasteiger charge is 2.10. The molecule has 19 heavy (non-hydrogen) atoms. The van der Waals surface area contributed by atoms with Gasteiger partial charge in [0.2, 0.25) is 0 Å². The highest BCUT2D eigenvalue weighted by atomic mass is 16.5. The number of ether oxygens (including phenoxy) is 1. The number of benzene rings is 2. The van der Waals surface area contributed by atoms with Crippen molar-refractivity contribution in [2.45, 2.75) is 6.42 Å². The molecule has 0 aromatic heterocycles. The molecule has 4 heteroatoms. The molecule has 2 aromatic rings. The van der Waals surface area contributed by atoms with Crippen molar-refractivity contribution in [3.05, 3.63) is 42.0 Å². The molecule has 0 bridgehead atoms. The smallest absolute Gasteiger partial charge is 0.125 e. The van der Waals surface area contributed by atoms with Crippen LogP contribution in [0.5, 0.6) is 5.75 Å². The molecule has 0 aliphatic rings. The van der Waals surface area contributed by atoms with Crippen LogP contribution in [0, 0.1) is 0 Å². The number of nitrogen functional groups attached to an aromatic ring is 2. The highest BCUT2D eigenvalue weighted by Crippen LogP contribution is 2.35. The minimum atomic E-state index is 0.135. The van der Waals surface area contributed by atoms with Crippen molar-refractivity contribution >= 4 is 11.4 Å². The molecule has 0 saturated heterocycles. The summed E-state index contributed by atoms with van der Waals surface area (Å²) in [5.74, 6) is 0.135. The number of phenolic OH excluding ortho intramolecular Hbond substituents is 1. The van der Waals surface area contributed by atoms with Gasteiger partial charge in [0, 0.05) is 35.7 Å². The molecule has 0 amide bonds. The van der Waals surface area contributed by atoms with E-state index in [1.807, 2.05) is 18.2 Å². The first-order valence-electron chi connectivity index (χ1n) is 6.08. The largest absolute Gasteiger partial charge is 0.507 e. The Morgan fingerprint density at radius 3 is 2.58 bits per heavy atom. The van der Waals surface area contributed by atoms with Crippen LogP contribution in [-0.2, 0) is 11.2 Å². The Balaban J connectivity index is 2.44. The predicted octanol–water partition coefficient (Wildman–Crippen LogP) is 2.41. The number of rotatable bonds is 4. The van der Waals surface area contributed by atoms with E-state index in [0.717, 1.165) is 17.5 Å². The summed E-state index contributed by atoms with van der Waals surface area (Å²) in [6.07, 6.45) is 0.742. The van der Waals surface area contributed by atoms with E-state index >= 15 is 0 Å². The van der Waals surface area contributed by atoms with Crippen LogP contribution in [-0.4, -0.2) is 18.8 Å². The maximum Gasteiger partial charge on any atom is 0.125 e. The molecule has 0 unspecified atom stereocenters. The standard InChI is InChI=1S/C15H18N2O2/c1-19-8-7-10-3-2-4-13(15(10)17)12-6-5-11(16)9-14(12)18/h2-6,9,18H,7-8,16-17H2,1H3. The molecule has 4 nitrogen and oxygen atoms in total. The second-order valence-corrected chi connectivity index (χ2v) is 4.40. The van der Waals surface area contributed by atoms with Gasteiger partial charge in [-0.3, -0.25) is 0 Å². The van der Waals surface area contributed by atoms with E-state index in [1.165, 1.54) is 6.07 Å². The monoisotopic (exact) mass is 258 g/mol. The van der Waals surface area contributed by atoms with Crippen molar-refractivity contribution in [3.8, 4) is 16.9 Å². The van der Waals surface area contributed by atoms with Gasteiger partial charge < -0.3 is 21.3 Å². The fraction of sp³-hybridized carbons (Fsp3) is 0.200. The summed E-state index contributed by atoms with van der Waals surface area (Å²) in [7, 11) is 1.66. The molecule has 0 radical (unpaired) electrons. The first-order valence-corrected chi connectivity index (χ1v) is 6.08. The summed E-state index contributed by atoms with van der Waals surface area (Å²) in [5.41, 5.74) is 15.5. The molecule has 100 valence electrons. The maximum atomic E-state index is 9.98. The van der Waals surface area contributed by atoms with E-state index in [4.69, 9.17) is 16.2 Å². The fourth-order valence-corrected chi connectivity index (χ4v) is 2.05. The summed E-state index contributed by atoms with van der Waals surface area (Å²) in [6, 6.07) is 10.8. The maximum absolute atomic E-state index is 9.98. The Hall–Kier alpha value is -2.20. The van der Waals surface area contributed by atoms with Gasteiger partial charge in [0.05, 0.1) is 6.61 Å². The van der Waals surface area contributed by atoms with Crippen molar-refractivity contribution < 1.29 is 9.84 Å². The molecule has 0 aliphatic carbocycles. The van der Waals surface area contributed by atoms with Gasteiger partial charge in [0.1, 0.15) is 5.75 Å². The zero-order valence-electron chi connectivity index (χ0n) is 10.9. The van der Waals surface area contributed by atoms with E-state index in [0.29, 0.717) is 23.5 Å². The molecule has 2 rings (SSSR count). The van der Waals surface area contributed by atoms with Gasteiger partial charge in [-0.25, -0.2) is 0 Å². The predicted molar refractivity (Wildman–Crippen MR) is 77.9 cm³/mol. The first-order chi connectivity index (χ1) is 9.13. The minimum absolute atomic E-state index is 0.135. The highest BCUT2D eigenvalue weighted by molar-refractivity contribution is 5.83. The van der Waals surface area contributed by atoms with Gasteiger partial charge >= 0.3 is 0 Å². The van der Waals surface area contributed by atoms with Gasteiger partial charge in [-0.15, -0.1) is 0 Å². The second kappa shape index (κ2) is 5.63. The van der Waals surface area contributed by atoms with Crippen LogP contribution in [0.1, 0.15) is 5.56 Å². The van der Waals surface area contributed by atoms with E-state index < -0.39 is 0 Å². The topological polar surface area (TPSA) is 81.5 Å². The molecule has 0 heterocycles. The number of methoxy groups -OCH3 is 1. The Bertz CT molecular complexity index is 582. The molecule has 0 saturated carbocycles.